The fourth-order valence-corrected chi connectivity index (χ4v) is 4.89. The molecule has 0 saturated carbocycles. The summed E-state index contributed by atoms with van der Waals surface area (Å²) in [5.41, 5.74) is 2.66. The van der Waals surface area contributed by atoms with E-state index in [0.29, 0.717) is 22.5 Å². The number of nitrogens with zero attached hydrogens (tertiary/aromatic N) is 2. The summed E-state index contributed by atoms with van der Waals surface area (Å²) in [6.07, 6.45) is 0.535. The molecule has 0 radical (unpaired) electrons. The van der Waals surface area contributed by atoms with Gasteiger partial charge in [0.25, 0.3) is 5.56 Å². The molecule has 0 aliphatic rings. The molecule has 0 bridgehead atoms. The van der Waals surface area contributed by atoms with Crippen LogP contribution >= 0.6 is 11.3 Å². The molecule has 0 saturated heterocycles. The second-order valence-corrected chi connectivity index (χ2v) is 8.93. The fourth-order valence-electron chi connectivity index (χ4n) is 3.93. The number of rotatable bonds is 6. The van der Waals surface area contributed by atoms with Gasteiger partial charge in [-0.25, -0.2) is 9.78 Å². The molecule has 6 heteroatoms. The van der Waals surface area contributed by atoms with Gasteiger partial charge in [-0.2, -0.15) is 0 Å². The lowest BCUT2D eigenvalue weighted by atomic mass is 10.00. The van der Waals surface area contributed by atoms with Gasteiger partial charge < -0.3 is 4.74 Å². The number of thiophene rings is 1. The van der Waals surface area contributed by atoms with Gasteiger partial charge in [0.15, 0.2) is 0 Å². The van der Waals surface area contributed by atoms with Crippen molar-refractivity contribution in [2.24, 2.45) is 0 Å². The molecule has 0 fully saturated rings. The summed E-state index contributed by atoms with van der Waals surface area (Å²) >= 11 is 1.45. The Kier molecular flexibility index (Phi) is 5.98. The largest absolute Gasteiger partial charge is 0.464 e. The van der Waals surface area contributed by atoms with E-state index in [1.54, 1.807) is 20.8 Å². The Labute approximate surface area is 191 Å². The van der Waals surface area contributed by atoms with E-state index < -0.39 is 11.5 Å². The molecule has 2 aromatic heterocycles. The van der Waals surface area contributed by atoms with Crippen molar-refractivity contribution in [1.29, 1.82) is 0 Å². The van der Waals surface area contributed by atoms with Gasteiger partial charge in [0, 0.05) is 17.4 Å². The predicted octanol–water partition coefficient (Wildman–Crippen LogP) is 5.65. The van der Waals surface area contributed by atoms with E-state index in [0.717, 1.165) is 22.3 Å². The van der Waals surface area contributed by atoms with E-state index in [4.69, 9.17) is 9.72 Å². The van der Waals surface area contributed by atoms with Crippen LogP contribution in [0.5, 0.6) is 0 Å². The average molecular weight is 447 g/mol. The van der Waals surface area contributed by atoms with Crippen molar-refractivity contribution in [3.05, 3.63) is 76.2 Å². The van der Waals surface area contributed by atoms with Crippen molar-refractivity contribution in [2.75, 3.05) is 6.61 Å². The number of hydrogen-bond donors (Lipinski definition) is 0. The van der Waals surface area contributed by atoms with Gasteiger partial charge >= 0.3 is 5.97 Å². The van der Waals surface area contributed by atoms with Gasteiger partial charge in [0.05, 0.1) is 12.0 Å². The monoisotopic (exact) mass is 446 g/mol. The van der Waals surface area contributed by atoms with Gasteiger partial charge in [-0.15, -0.1) is 11.3 Å². The van der Waals surface area contributed by atoms with E-state index in [2.05, 4.69) is 24.3 Å². The molecule has 32 heavy (non-hydrogen) atoms. The first-order chi connectivity index (χ1) is 15.4. The lowest BCUT2D eigenvalue weighted by Gasteiger charge is -2.27. The van der Waals surface area contributed by atoms with E-state index >= 15 is 0 Å². The number of ether oxygens (including phenoxy) is 1. The van der Waals surface area contributed by atoms with Gasteiger partial charge in [0.2, 0.25) is 0 Å². The average Bonchev–Trinajstić information content (AvgIpc) is 3.24. The summed E-state index contributed by atoms with van der Waals surface area (Å²) in [5, 5.41) is 2.51. The van der Waals surface area contributed by atoms with Crippen LogP contribution in [-0.2, 0) is 21.5 Å². The maximum atomic E-state index is 13.7. The second kappa shape index (κ2) is 8.71. The van der Waals surface area contributed by atoms with Crippen molar-refractivity contribution in [3.63, 3.8) is 0 Å². The molecule has 0 aliphatic carbocycles. The highest BCUT2D eigenvalue weighted by Crippen LogP contribution is 2.33. The third-order valence-corrected chi connectivity index (χ3v) is 6.50. The zero-order valence-corrected chi connectivity index (χ0v) is 19.5. The van der Waals surface area contributed by atoms with Crippen molar-refractivity contribution >= 4 is 27.5 Å². The van der Waals surface area contributed by atoms with E-state index in [-0.39, 0.29) is 12.2 Å². The Balaban J connectivity index is 1.86. The highest BCUT2D eigenvalue weighted by Gasteiger charge is 2.35. The first-order valence-corrected chi connectivity index (χ1v) is 11.6. The molecule has 0 unspecified atom stereocenters. The molecule has 0 aliphatic heterocycles. The van der Waals surface area contributed by atoms with Crippen LogP contribution in [0.4, 0.5) is 0 Å². The number of carbonyl (C=O) groups is 1. The van der Waals surface area contributed by atoms with Crippen LogP contribution in [0.2, 0.25) is 0 Å². The van der Waals surface area contributed by atoms with Crippen molar-refractivity contribution in [2.45, 2.75) is 39.7 Å². The number of fused-ring (bicyclic) bond motifs is 1. The molecule has 164 valence electrons. The summed E-state index contributed by atoms with van der Waals surface area (Å²) in [6, 6.07) is 18.3. The fraction of sp³-hybridized carbons (Fsp3) is 0.269. The second-order valence-electron chi connectivity index (χ2n) is 8.07. The summed E-state index contributed by atoms with van der Waals surface area (Å²) in [6.45, 7) is 7.36. The van der Waals surface area contributed by atoms with Gasteiger partial charge in [-0.3, -0.25) is 9.36 Å². The minimum Gasteiger partial charge on any atom is -0.464 e. The van der Waals surface area contributed by atoms with Gasteiger partial charge in [-0.1, -0.05) is 61.5 Å². The van der Waals surface area contributed by atoms with Crippen LogP contribution in [0.3, 0.4) is 0 Å². The molecule has 0 spiro atoms. The molecule has 5 nitrogen and oxygen atoms in total. The summed E-state index contributed by atoms with van der Waals surface area (Å²) < 4.78 is 6.76. The molecule has 4 aromatic rings. The number of esters is 1. The van der Waals surface area contributed by atoms with Crippen molar-refractivity contribution in [1.82, 2.24) is 9.55 Å². The van der Waals surface area contributed by atoms with Crippen LogP contribution in [-0.4, -0.2) is 22.1 Å². The van der Waals surface area contributed by atoms with Crippen LogP contribution in [0, 0.1) is 0 Å². The minimum atomic E-state index is -1.16. The standard InChI is InChI=1S/C26H26N2O3S/c1-5-21-27-23-22(24(29)28(21)26(3,4)25(30)31-6-2)20(16-32-23)19-14-12-18(13-15-19)17-10-8-7-9-11-17/h7-16H,5-6H2,1-4H3. The lowest BCUT2D eigenvalue weighted by molar-refractivity contribution is -0.152. The maximum Gasteiger partial charge on any atom is 0.331 e. The van der Waals surface area contributed by atoms with Crippen LogP contribution in [0.15, 0.2) is 64.8 Å². The summed E-state index contributed by atoms with van der Waals surface area (Å²) in [4.78, 5) is 31.8. The highest BCUT2D eigenvalue weighted by atomic mass is 32.1. The molecular weight excluding hydrogens is 420 g/mol. The Morgan fingerprint density at radius 3 is 2.25 bits per heavy atom. The summed E-state index contributed by atoms with van der Waals surface area (Å²) in [5.74, 6) is 0.135. The highest BCUT2D eigenvalue weighted by molar-refractivity contribution is 7.17. The van der Waals surface area contributed by atoms with Gasteiger partial charge in [0.1, 0.15) is 16.2 Å². The molecule has 0 amide bonds. The number of hydrogen-bond acceptors (Lipinski definition) is 5. The smallest absolute Gasteiger partial charge is 0.331 e. The number of aromatic nitrogens is 2. The number of carbonyl (C=O) groups excluding carboxylic acids is 1. The molecule has 0 N–H and O–H groups in total. The Morgan fingerprint density at radius 2 is 1.62 bits per heavy atom. The zero-order valence-electron chi connectivity index (χ0n) is 18.7. The van der Waals surface area contributed by atoms with Gasteiger partial charge in [-0.05, 0) is 37.5 Å². The normalized spacial score (nSPS) is 11.6. The Morgan fingerprint density at radius 1 is 1.00 bits per heavy atom. The number of aryl methyl sites for hydroxylation is 1. The maximum absolute atomic E-state index is 13.7. The Bertz CT molecular complexity index is 1320. The summed E-state index contributed by atoms with van der Waals surface area (Å²) in [7, 11) is 0. The van der Waals surface area contributed by atoms with E-state index in [9.17, 15) is 9.59 Å². The molecular formula is C26H26N2O3S. The Hall–Kier alpha value is -3.25. The van der Waals surface area contributed by atoms with Crippen LogP contribution in [0.25, 0.3) is 32.5 Å². The SMILES string of the molecule is CCOC(=O)C(C)(C)n1c(CC)nc2scc(-c3ccc(-c4ccccc4)cc3)c2c1=O. The van der Waals surface area contributed by atoms with Crippen LogP contribution < -0.4 is 5.56 Å². The predicted molar refractivity (Wildman–Crippen MR) is 130 cm³/mol. The number of benzene rings is 2. The van der Waals surface area contributed by atoms with Crippen molar-refractivity contribution in [3.8, 4) is 22.3 Å². The molecule has 2 aromatic carbocycles. The molecule has 4 rings (SSSR count). The zero-order chi connectivity index (χ0) is 22.9. The molecule has 2 heterocycles. The van der Waals surface area contributed by atoms with Crippen LogP contribution in [0.1, 0.15) is 33.5 Å². The minimum absolute atomic E-state index is 0.215. The lowest BCUT2D eigenvalue weighted by Crippen LogP contribution is -2.45. The third kappa shape index (κ3) is 3.75. The first kappa shape index (κ1) is 22.0. The third-order valence-electron chi connectivity index (χ3n) is 5.63. The van der Waals surface area contributed by atoms with E-state index in [1.807, 2.05) is 42.6 Å². The van der Waals surface area contributed by atoms with Crippen molar-refractivity contribution < 1.29 is 9.53 Å². The quantitative estimate of drug-likeness (QED) is 0.359. The topological polar surface area (TPSA) is 61.2 Å². The first-order valence-electron chi connectivity index (χ1n) is 10.7. The van der Waals surface area contributed by atoms with E-state index in [1.165, 1.54) is 15.9 Å². The molecule has 0 atom stereocenters.